The van der Waals surface area contributed by atoms with E-state index in [1.165, 1.54) is 6.42 Å². The Morgan fingerprint density at radius 2 is 2.11 bits per heavy atom. The maximum atomic E-state index is 12.5. The van der Waals surface area contributed by atoms with E-state index >= 15 is 0 Å². The first kappa shape index (κ1) is 16.7. The van der Waals surface area contributed by atoms with E-state index in [4.69, 9.17) is 10.5 Å². The fourth-order valence-corrected chi connectivity index (χ4v) is 3.52. The zero-order valence-electron chi connectivity index (χ0n) is 11.8. The second kappa shape index (κ2) is 8.08. The fourth-order valence-electron chi connectivity index (χ4n) is 3.52. The predicted molar refractivity (Wildman–Crippen MR) is 78.3 cm³/mol. The van der Waals surface area contributed by atoms with E-state index in [0.717, 1.165) is 45.4 Å². The lowest BCUT2D eigenvalue weighted by Crippen LogP contribution is -2.45. The van der Waals surface area contributed by atoms with Crippen molar-refractivity contribution in [2.24, 2.45) is 23.5 Å². The highest BCUT2D eigenvalue weighted by Crippen LogP contribution is 2.33. The molecular formula is C14H27ClN2O2. The van der Waals surface area contributed by atoms with E-state index in [1.54, 1.807) is 7.11 Å². The van der Waals surface area contributed by atoms with Gasteiger partial charge in [-0.2, -0.15) is 0 Å². The molecule has 0 radical (unpaired) electrons. The molecular weight excluding hydrogens is 264 g/mol. The van der Waals surface area contributed by atoms with Crippen LogP contribution < -0.4 is 5.73 Å². The topological polar surface area (TPSA) is 55.6 Å². The van der Waals surface area contributed by atoms with Crippen molar-refractivity contribution in [1.29, 1.82) is 0 Å². The second-order valence-electron chi connectivity index (χ2n) is 5.78. The Bertz CT molecular complexity index is 287. The molecule has 0 spiro atoms. The number of likely N-dealkylation sites (tertiary alicyclic amines) is 1. The number of nitrogens with zero attached hydrogens (tertiary/aromatic N) is 1. The Kier molecular flexibility index (Phi) is 7.11. The lowest BCUT2D eigenvalue weighted by molar-refractivity contribution is -0.138. The molecule has 2 aliphatic rings. The highest BCUT2D eigenvalue weighted by Gasteiger charge is 2.36. The van der Waals surface area contributed by atoms with Crippen LogP contribution in [0.1, 0.15) is 32.1 Å². The molecule has 2 fully saturated rings. The molecule has 1 unspecified atom stereocenters. The Hall–Kier alpha value is -0.320. The van der Waals surface area contributed by atoms with Gasteiger partial charge in [0, 0.05) is 26.1 Å². The molecule has 1 saturated heterocycles. The van der Waals surface area contributed by atoms with Gasteiger partial charge in [-0.1, -0.05) is 6.42 Å². The number of amides is 1. The van der Waals surface area contributed by atoms with Crippen LogP contribution in [0.3, 0.4) is 0 Å². The molecule has 1 aliphatic heterocycles. The van der Waals surface area contributed by atoms with Crippen LogP contribution in [0.2, 0.25) is 0 Å². The fraction of sp³-hybridized carbons (Fsp3) is 0.929. The first-order chi connectivity index (χ1) is 8.76. The summed E-state index contributed by atoms with van der Waals surface area (Å²) >= 11 is 0. The molecule has 2 N–H and O–H groups in total. The van der Waals surface area contributed by atoms with Crippen molar-refractivity contribution in [1.82, 2.24) is 4.90 Å². The summed E-state index contributed by atoms with van der Waals surface area (Å²) in [5, 5.41) is 0. The first-order valence-corrected chi connectivity index (χ1v) is 7.24. The van der Waals surface area contributed by atoms with Crippen molar-refractivity contribution in [3.8, 4) is 0 Å². The van der Waals surface area contributed by atoms with Gasteiger partial charge in [0.2, 0.25) is 5.91 Å². The molecule has 3 atom stereocenters. The van der Waals surface area contributed by atoms with Crippen molar-refractivity contribution < 1.29 is 9.53 Å². The number of methoxy groups -OCH3 is 1. The minimum atomic E-state index is 0. The first-order valence-electron chi connectivity index (χ1n) is 7.24. The Morgan fingerprint density at radius 1 is 1.32 bits per heavy atom. The van der Waals surface area contributed by atoms with E-state index in [2.05, 4.69) is 4.90 Å². The average Bonchev–Trinajstić information content (AvgIpc) is 2.87. The molecule has 0 bridgehead atoms. The van der Waals surface area contributed by atoms with Crippen LogP contribution in [0.25, 0.3) is 0 Å². The molecule has 4 nitrogen and oxygen atoms in total. The lowest BCUT2D eigenvalue weighted by Gasteiger charge is -2.35. The SMILES string of the molecule is COCC1CCCN(C(=O)[C@@H]2CCC[C@@H]2CN)C1.Cl. The Labute approximate surface area is 122 Å². The van der Waals surface area contributed by atoms with E-state index < -0.39 is 0 Å². The third-order valence-electron chi connectivity index (χ3n) is 4.51. The second-order valence-corrected chi connectivity index (χ2v) is 5.78. The van der Waals surface area contributed by atoms with Crippen LogP contribution >= 0.6 is 12.4 Å². The highest BCUT2D eigenvalue weighted by atomic mass is 35.5. The van der Waals surface area contributed by atoms with Crippen LogP contribution in [0.5, 0.6) is 0 Å². The van der Waals surface area contributed by atoms with Crippen molar-refractivity contribution in [3.63, 3.8) is 0 Å². The molecule has 0 aromatic rings. The van der Waals surface area contributed by atoms with Gasteiger partial charge in [0.1, 0.15) is 0 Å². The average molecular weight is 291 g/mol. The summed E-state index contributed by atoms with van der Waals surface area (Å²) in [6.45, 7) is 3.23. The van der Waals surface area contributed by atoms with E-state index in [-0.39, 0.29) is 18.3 Å². The van der Waals surface area contributed by atoms with Crippen molar-refractivity contribution >= 4 is 18.3 Å². The number of nitrogens with two attached hydrogens (primary N) is 1. The molecule has 5 heteroatoms. The molecule has 1 heterocycles. The van der Waals surface area contributed by atoms with Crippen LogP contribution in [0, 0.1) is 17.8 Å². The number of rotatable bonds is 4. The summed E-state index contributed by atoms with van der Waals surface area (Å²) in [7, 11) is 1.74. The normalized spacial score (nSPS) is 31.1. The molecule has 1 amide bonds. The zero-order chi connectivity index (χ0) is 13.0. The summed E-state index contributed by atoms with van der Waals surface area (Å²) < 4.78 is 5.22. The highest BCUT2D eigenvalue weighted by molar-refractivity contribution is 5.85. The molecule has 1 saturated carbocycles. The summed E-state index contributed by atoms with van der Waals surface area (Å²) in [5.41, 5.74) is 5.78. The summed E-state index contributed by atoms with van der Waals surface area (Å²) in [6.07, 6.45) is 5.62. The summed E-state index contributed by atoms with van der Waals surface area (Å²) in [4.78, 5) is 14.6. The van der Waals surface area contributed by atoms with Gasteiger partial charge < -0.3 is 15.4 Å². The third-order valence-corrected chi connectivity index (χ3v) is 4.51. The van der Waals surface area contributed by atoms with Gasteiger partial charge in [-0.3, -0.25) is 4.79 Å². The molecule has 112 valence electrons. The summed E-state index contributed by atoms with van der Waals surface area (Å²) in [5.74, 6) is 1.48. The maximum Gasteiger partial charge on any atom is 0.226 e. The van der Waals surface area contributed by atoms with Gasteiger partial charge in [0.05, 0.1) is 6.61 Å². The van der Waals surface area contributed by atoms with Gasteiger partial charge >= 0.3 is 0 Å². The smallest absolute Gasteiger partial charge is 0.226 e. The third kappa shape index (κ3) is 4.07. The quantitative estimate of drug-likeness (QED) is 0.857. The molecule has 19 heavy (non-hydrogen) atoms. The zero-order valence-corrected chi connectivity index (χ0v) is 12.7. The van der Waals surface area contributed by atoms with Crippen LogP contribution in [-0.2, 0) is 9.53 Å². The monoisotopic (exact) mass is 290 g/mol. The number of piperidine rings is 1. The Balaban J connectivity index is 0.00000180. The number of hydrogen-bond donors (Lipinski definition) is 1. The lowest BCUT2D eigenvalue weighted by atomic mass is 9.92. The molecule has 2 rings (SSSR count). The van der Waals surface area contributed by atoms with Crippen LogP contribution in [0.15, 0.2) is 0 Å². The van der Waals surface area contributed by atoms with E-state index in [9.17, 15) is 4.79 Å². The summed E-state index contributed by atoms with van der Waals surface area (Å²) in [6, 6.07) is 0. The van der Waals surface area contributed by atoms with Crippen LogP contribution in [0.4, 0.5) is 0 Å². The number of halogens is 1. The van der Waals surface area contributed by atoms with E-state index in [0.29, 0.717) is 24.3 Å². The predicted octanol–water partition coefficient (Wildman–Crippen LogP) is 1.67. The Morgan fingerprint density at radius 3 is 2.79 bits per heavy atom. The van der Waals surface area contributed by atoms with Gasteiger partial charge in [-0.05, 0) is 44.1 Å². The number of ether oxygens (including phenoxy) is 1. The number of hydrogen-bond acceptors (Lipinski definition) is 3. The minimum absolute atomic E-state index is 0. The van der Waals surface area contributed by atoms with Crippen molar-refractivity contribution in [2.45, 2.75) is 32.1 Å². The van der Waals surface area contributed by atoms with Crippen LogP contribution in [-0.4, -0.2) is 44.2 Å². The van der Waals surface area contributed by atoms with E-state index in [1.807, 2.05) is 0 Å². The molecule has 0 aromatic heterocycles. The molecule has 0 aromatic carbocycles. The minimum Gasteiger partial charge on any atom is -0.384 e. The van der Waals surface area contributed by atoms with Crippen molar-refractivity contribution in [2.75, 3.05) is 33.4 Å². The standard InChI is InChI=1S/C14H26N2O2.ClH/c1-18-10-11-4-3-7-16(9-11)14(17)13-6-2-5-12(13)8-15;/h11-13H,2-10,15H2,1H3;1H/t11?,12-,13-;/m1./s1. The van der Waals surface area contributed by atoms with Gasteiger partial charge in [0.25, 0.3) is 0 Å². The number of carbonyl (C=O) groups is 1. The largest absolute Gasteiger partial charge is 0.384 e. The van der Waals surface area contributed by atoms with Gasteiger partial charge in [-0.15, -0.1) is 12.4 Å². The van der Waals surface area contributed by atoms with Gasteiger partial charge in [0.15, 0.2) is 0 Å². The van der Waals surface area contributed by atoms with Crippen molar-refractivity contribution in [3.05, 3.63) is 0 Å². The number of carbonyl (C=O) groups excluding carboxylic acids is 1. The maximum absolute atomic E-state index is 12.5. The van der Waals surface area contributed by atoms with Gasteiger partial charge in [-0.25, -0.2) is 0 Å². The molecule has 1 aliphatic carbocycles.